The van der Waals surface area contributed by atoms with Crippen LogP contribution in [0.3, 0.4) is 0 Å². The van der Waals surface area contributed by atoms with Gasteiger partial charge in [0.1, 0.15) is 5.84 Å². The first kappa shape index (κ1) is 27.6. The molecule has 0 spiro atoms. The van der Waals surface area contributed by atoms with Gasteiger partial charge in [0.05, 0.1) is 6.54 Å². The van der Waals surface area contributed by atoms with E-state index in [0.29, 0.717) is 48.8 Å². The van der Waals surface area contributed by atoms with E-state index in [1.807, 2.05) is 4.90 Å². The number of amides is 2. The number of urea groups is 1. The Morgan fingerprint density at radius 3 is 2.68 bits per heavy atom. The van der Waals surface area contributed by atoms with Crippen LogP contribution >= 0.6 is 0 Å². The van der Waals surface area contributed by atoms with E-state index in [4.69, 9.17) is 5.73 Å². The first-order chi connectivity index (χ1) is 18.4. The Morgan fingerprint density at radius 1 is 1.26 bits per heavy atom. The maximum absolute atomic E-state index is 14.3. The fourth-order valence-electron chi connectivity index (χ4n) is 5.50. The molecule has 1 fully saturated rings. The zero-order valence-corrected chi connectivity index (χ0v) is 22.1. The number of piperidine rings is 1. The van der Waals surface area contributed by atoms with Crippen molar-refractivity contribution in [3.05, 3.63) is 46.3 Å². The van der Waals surface area contributed by atoms with Crippen molar-refractivity contribution in [1.29, 1.82) is 5.41 Å². The lowest BCUT2D eigenvalue weighted by Crippen LogP contribution is -2.49. The Hall–Kier alpha value is -3.47. The number of hydrogen-bond donors (Lipinski definition) is 5. The van der Waals surface area contributed by atoms with Crippen LogP contribution in [0.4, 0.5) is 19.3 Å². The zero-order chi connectivity index (χ0) is 27.2. The molecule has 206 valence electrons. The number of halogens is 2. The minimum atomic E-state index is -2.72. The summed E-state index contributed by atoms with van der Waals surface area (Å²) in [5, 5.41) is 19.0. The Kier molecular flexibility index (Phi) is 8.98. The molecule has 1 aromatic rings. The summed E-state index contributed by atoms with van der Waals surface area (Å²) in [6.45, 7) is 3.23. The van der Waals surface area contributed by atoms with E-state index in [1.54, 1.807) is 25.1 Å². The number of alkyl halides is 2. The van der Waals surface area contributed by atoms with Crippen molar-refractivity contribution >= 4 is 29.3 Å². The molecule has 0 atom stereocenters. The highest BCUT2D eigenvalue weighted by Crippen LogP contribution is 2.38. The number of nitrogens with one attached hydrogen (secondary N) is 4. The molecular formula is C27H38F2N8O. The normalized spacial score (nSPS) is 19.2. The van der Waals surface area contributed by atoms with Gasteiger partial charge in [-0.1, -0.05) is 0 Å². The topological polar surface area (TPSA) is 122 Å². The first-order valence-corrected chi connectivity index (χ1v) is 13.2. The lowest BCUT2D eigenvalue weighted by molar-refractivity contribution is 0.151. The summed E-state index contributed by atoms with van der Waals surface area (Å²) in [6, 6.07) is 3.36. The Morgan fingerprint density at radius 2 is 2.03 bits per heavy atom. The number of amidine groups is 1. The van der Waals surface area contributed by atoms with Gasteiger partial charge in [0.25, 0.3) is 6.43 Å². The number of aryl methyl sites for hydroxylation is 1. The summed E-state index contributed by atoms with van der Waals surface area (Å²) in [5.74, 6) is 0.244. The number of aliphatic imine (C=N–C) groups is 1. The van der Waals surface area contributed by atoms with Gasteiger partial charge in [0.15, 0.2) is 0 Å². The number of anilines is 1. The highest BCUT2D eigenvalue weighted by atomic mass is 19.3. The molecule has 0 radical (unpaired) electrons. The number of carbonyl (C=O) groups excluding carboxylic acids is 1. The zero-order valence-electron chi connectivity index (χ0n) is 22.1. The Labute approximate surface area is 222 Å². The summed E-state index contributed by atoms with van der Waals surface area (Å²) >= 11 is 0. The molecule has 0 aromatic heterocycles. The standard InChI is InChI=1S/C27H38F2N8O/c1-32-15-18(14-30)20-12-17-4-3-10-37(24(17)13-21(20)25(28)29)26(31)22-16-36(27(38)33-2)11-7-23(22)35-19-5-8-34-9-6-19/h12-15,19,25,31,34-35H,3-11,16,30H2,1-2H3,(H,33,38). The third kappa shape index (κ3) is 5.82. The summed E-state index contributed by atoms with van der Waals surface area (Å²) in [7, 11) is 3.17. The van der Waals surface area contributed by atoms with Crippen LogP contribution < -0.4 is 26.6 Å². The Balaban J connectivity index is 1.73. The van der Waals surface area contributed by atoms with Crippen molar-refractivity contribution in [2.75, 3.05) is 51.7 Å². The average molecular weight is 529 g/mol. The lowest BCUT2D eigenvalue weighted by atomic mass is 9.91. The van der Waals surface area contributed by atoms with Crippen LogP contribution in [-0.4, -0.2) is 75.8 Å². The second kappa shape index (κ2) is 12.4. The third-order valence-corrected chi connectivity index (χ3v) is 7.48. The molecule has 0 aliphatic carbocycles. The molecule has 0 saturated carbocycles. The molecule has 9 nitrogen and oxygen atoms in total. The highest BCUT2D eigenvalue weighted by Gasteiger charge is 2.32. The molecule has 1 saturated heterocycles. The van der Waals surface area contributed by atoms with Crippen LogP contribution in [0.5, 0.6) is 0 Å². The molecule has 6 N–H and O–H groups in total. The Bertz CT molecular complexity index is 1140. The van der Waals surface area contributed by atoms with Gasteiger partial charge in [0, 0.05) is 80.2 Å². The number of allylic oxidation sites excluding steroid dienone is 1. The monoisotopic (exact) mass is 528 g/mol. The number of nitrogens with two attached hydrogens (primary N) is 1. The van der Waals surface area contributed by atoms with Crippen molar-refractivity contribution in [2.24, 2.45) is 10.7 Å². The van der Waals surface area contributed by atoms with Crippen LogP contribution in [0, 0.1) is 5.41 Å². The third-order valence-electron chi connectivity index (χ3n) is 7.48. The van der Waals surface area contributed by atoms with Gasteiger partial charge in [-0.15, -0.1) is 0 Å². The number of carbonyl (C=O) groups is 1. The SMILES string of the molecule is CN=CC(=CN)c1cc2c(cc1C(F)F)N(C(=N)C1=C(NC3CCNCC3)CCN(C(=O)NC)C1)CCC2. The van der Waals surface area contributed by atoms with E-state index in [2.05, 4.69) is 20.9 Å². The molecule has 38 heavy (non-hydrogen) atoms. The summed E-state index contributed by atoms with van der Waals surface area (Å²) in [4.78, 5) is 20.0. The molecule has 4 rings (SSSR count). The molecule has 2 amide bonds. The van der Waals surface area contributed by atoms with Gasteiger partial charge in [-0.2, -0.15) is 0 Å². The number of rotatable bonds is 6. The molecule has 0 bridgehead atoms. The predicted octanol–water partition coefficient (Wildman–Crippen LogP) is 3.00. The highest BCUT2D eigenvalue weighted by molar-refractivity contribution is 6.12. The minimum Gasteiger partial charge on any atom is -0.404 e. The minimum absolute atomic E-state index is 0.141. The number of nitrogens with zero attached hydrogens (tertiary/aromatic N) is 3. The molecule has 3 aliphatic rings. The van der Waals surface area contributed by atoms with E-state index in [-0.39, 0.29) is 24.0 Å². The van der Waals surface area contributed by atoms with Crippen LogP contribution in [-0.2, 0) is 6.42 Å². The van der Waals surface area contributed by atoms with Gasteiger partial charge >= 0.3 is 6.03 Å². The van der Waals surface area contributed by atoms with Gasteiger partial charge in [-0.05, 0) is 62.0 Å². The van der Waals surface area contributed by atoms with E-state index in [9.17, 15) is 19.0 Å². The van der Waals surface area contributed by atoms with E-state index < -0.39 is 6.43 Å². The molecule has 1 aromatic carbocycles. The molecular weight excluding hydrogens is 490 g/mol. The summed E-state index contributed by atoms with van der Waals surface area (Å²) < 4.78 is 28.5. The van der Waals surface area contributed by atoms with Crippen LogP contribution in [0.2, 0.25) is 0 Å². The first-order valence-electron chi connectivity index (χ1n) is 13.2. The smallest absolute Gasteiger partial charge is 0.317 e. The molecule has 3 heterocycles. The fourth-order valence-corrected chi connectivity index (χ4v) is 5.50. The maximum Gasteiger partial charge on any atom is 0.317 e. The van der Waals surface area contributed by atoms with Gasteiger partial charge in [-0.25, -0.2) is 13.6 Å². The van der Waals surface area contributed by atoms with Crippen molar-refractivity contribution in [3.63, 3.8) is 0 Å². The number of hydrogen-bond acceptors (Lipinski definition) is 6. The van der Waals surface area contributed by atoms with Gasteiger partial charge in [0.2, 0.25) is 0 Å². The fraction of sp³-hybridized carbons (Fsp3) is 0.519. The second-order valence-electron chi connectivity index (χ2n) is 9.83. The average Bonchev–Trinajstić information content (AvgIpc) is 2.94. The van der Waals surface area contributed by atoms with E-state index in [0.717, 1.165) is 49.2 Å². The molecule has 0 unspecified atom stereocenters. The largest absolute Gasteiger partial charge is 0.404 e. The number of benzene rings is 1. The second-order valence-corrected chi connectivity index (χ2v) is 9.83. The van der Waals surface area contributed by atoms with E-state index >= 15 is 0 Å². The van der Waals surface area contributed by atoms with Crippen LogP contribution in [0.1, 0.15) is 48.8 Å². The van der Waals surface area contributed by atoms with Crippen molar-refractivity contribution in [3.8, 4) is 0 Å². The van der Waals surface area contributed by atoms with Crippen molar-refractivity contribution in [1.82, 2.24) is 20.9 Å². The van der Waals surface area contributed by atoms with Crippen LogP contribution in [0.15, 0.2) is 34.6 Å². The maximum atomic E-state index is 14.3. The van der Waals surface area contributed by atoms with E-state index in [1.165, 1.54) is 18.5 Å². The van der Waals surface area contributed by atoms with Crippen molar-refractivity contribution in [2.45, 2.75) is 44.6 Å². The molecule has 11 heteroatoms. The quantitative estimate of drug-likeness (QED) is 0.287. The van der Waals surface area contributed by atoms with Gasteiger partial charge < -0.3 is 31.5 Å². The van der Waals surface area contributed by atoms with Gasteiger partial charge in [-0.3, -0.25) is 10.4 Å². The molecule has 3 aliphatic heterocycles. The predicted molar refractivity (Wildman–Crippen MR) is 148 cm³/mol. The van der Waals surface area contributed by atoms with Crippen molar-refractivity contribution < 1.29 is 13.6 Å². The van der Waals surface area contributed by atoms with Crippen LogP contribution in [0.25, 0.3) is 5.57 Å². The summed E-state index contributed by atoms with van der Waals surface area (Å²) in [6.07, 6.45) is 4.11. The number of fused-ring (bicyclic) bond motifs is 1. The summed E-state index contributed by atoms with van der Waals surface area (Å²) in [5.41, 5.74) is 9.59. The lowest BCUT2D eigenvalue weighted by Gasteiger charge is -2.38.